The van der Waals surface area contributed by atoms with Crippen LogP contribution in [0.1, 0.15) is 25.6 Å². The highest BCUT2D eigenvalue weighted by atomic mass is 127. The Bertz CT molecular complexity index is 494. The molecule has 4 heteroatoms. The van der Waals surface area contributed by atoms with Crippen molar-refractivity contribution in [1.29, 1.82) is 0 Å². The van der Waals surface area contributed by atoms with E-state index in [0.717, 1.165) is 15.0 Å². The van der Waals surface area contributed by atoms with Gasteiger partial charge in [-0.1, -0.05) is 12.1 Å². The fraction of sp³-hybridized carbons (Fsp3) is 0.308. The number of aromatic nitrogens is 2. The van der Waals surface area contributed by atoms with Gasteiger partial charge in [-0.05, 0) is 54.6 Å². The van der Waals surface area contributed by atoms with Gasteiger partial charge >= 0.3 is 0 Å². The van der Waals surface area contributed by atoms with Crippen LogP contribution in [0.25, 0.3) is 0 Å². The molecule has 0 saturated heterocycles. The Morgan fingerprint density at radius 1 is 1.29 bits per heavy atom. The number of halogens is 1. The van der Waals surface area contributed by atoms with E-state index in [1.807, 2.05) is 41.2 Å². The quantitative estimate of drug-likeness (QED) is 0.793. The molecule has 1 heterocycles. The summed E-state index contributed by atoms with van der Waals surface area (Å²) in [6.45, 7) is 4.73. The summed E-state index contributed by atoms with van der Waals surface area (Å²) in [7, 11) is 0. The van der Waals surface area contributed by atoms with Crippen molar-refractivity contribution in [2.24, 2.45) is 0 Å². The Morgan fingerprint density at radius 3 is 2.71 bits per heavy atom. The third kappa shape index (κ3) is 3.21. The molecule has 0 radical (unpaired) electrons. The summed E-state index contributed by atoms with van der Waals surface area (Å²) in [5.41, 5.74) is 0.957. The van der Waals surface area contributed by atoms with Gasteiger partial charge in [0.1, 0.15) is 12.4 Å². The average molecular weight is 342 g/mol. The SMILES string of the molecule is CC(C)n1ccc(COc2ccccc2I)n1. The van der Waals surface area contributed by atoms with E-state index in [1.165, 1.54) is 0 Å². The van der Waals surface area contributed by atoms with Gasteiger partial charge in [0.15, 0.2) is 0 Å². The van der Waals surface area contributed by atoms with Crippen molar-refractivity contribution in [2.75, 3.05) is 0 Å². The molecule has 0 amide bonds. The summed E-state index contributed by atoms with van der Waals surface area (Å²) in [6.07, 6.45) is 1.99. The number of hydrogen-bond acceptors (Lipinski definition) is 2. The molecule has 1 aromatic heterocycles. The zero-order chi connectivity index (χ0) is 12.3. The van der Waals surface area contributed by atoms with Crippen LogP contribution >= 0.6 is 22.6 Å². The second kappa shape index (κ2) is 5.53. The van der Waals surface area contributed by atoms with Gasteiger partial charge in [-0.2, -0.15) is 5.10 Å². The van der Waals surface area contributed by atoms with Crippen molar-refractivity contribution < 1.29 is 4.74 Å². The number of hydrogen-bond donors (Lipinski definition) is 0. The summed E-state index contributed by atoms with van der Waals surface area (Å²) in [5, 5.41) is 4.44. The minimum Gasteiger partial charge on any atom is -0.486 e. The third-order valence-electron chi connectivity index (χ3n) is 2.40. The summed E-state index contributed by atoms with van der Waals surface area (Å²) in [4.78, 5) is 0. The van der Waals surface area contributed by atoms with Crippen molar-refractivity contribution in [3.05, 3.63) is 45.8 Å². The Labute approximate surface area is 115 Å². The van der Waals surface area contributed by atoms with Gasteiger partial charge in [0.2, 0.25) is 0 Å². The number of nitrogens with zero attached hydrogens (tertiary/aromatic N) is 2. The van der Waals surface area contributed by atoms with Crippen LogP contribution in [0.5, 0.6) is 5.75 Å². The summed E-state index contributed by atoms with van der Waals surface area (Å²) >= 11 is 2.27. The lowest BCUT2D eigenvalue weighted by atomic mass is 10.3. The first-order chi connectivity index (χ1) is 8.16. The van der Waals surface area contributed by atoms with E-state index >= 15 is 0 Å². The molecule has 0 fully saturated rings. The maximum Gasteiger partial charge on any atom is 0.133 e. The second-order valence-electron chi connectivity index (χ2n) is 4.10. The molecule has 1 aromatic carbocycles. The largest absolute Gasteiger partial charge is 0.486 e. The minimum atomic E-state index is 0.389. The van der Waals surface area contributed by atoms with Crippen LogP contribution in [0.4, 0.5) is 0 Å². The summed E-state index contributed by atoms with van der Waals surface area (Å²) in [6, 6.07) is 10.4. The zero-order valence-electron chi connectivity index (χ0n) is 9.93. The fourth-order valence-electron chi connectivity index (χ4n) is 1.46. The Hall–Kier alpha value is -1.04. The lowest BCUT2D eigenvalue weighted by Gasteiger charge is -2.06. The van der Waals surface area contributed by atoms with Crippen molar-refractivity contribution in [2.45, 2.75) is 26.5 Å². The second-order valence-corrected chi connectivity index (χ2v) is 5.26. The van der Waals surface area contributed by atoms with E-state index in [1.54, 1.807) is 0 Å². The van der Waals surface area contributed by atoms with Gasteiger partial charge in [0.05, 0.1) is 9.26 Å². The molecule has 0 unspecified atom stereocenters. The van der Waals surface area contributed by atoms with Gasteiger partial charge in [-0.15, -0.1) is 0 Å². The standard InChI is InChI=1S/C13H15IN2O/c1-10(2)16-8-7-11(15-16)9-17-13-6-4-3-5-12(13)14/h3-8,10H,9H2,1-2H3. The molecule has 2 rings (SSSR count). The fourth-order valence-corrected chi connectivity index (χ4v) is 2.00. The summed E-state index contributed by atoms with van der Waals surface area (Å²) in [5.74, 6) is 0.909. The maximum atomic E-state index is 5.73. The monoisotopic (exact) mass is 342 g/mol. The van der Waals surface area contributed by atoms with E-state index in [2.05, 4.69) is 41.5 Å². The smallest absolute Gasteiger partial charge is 0.133 e. The Balaban J connectivity index is 2.00. The first-order valence-electron chi connectivity index (χ1n) is 5.58. The highest BCUT2D eigenvalue weighted by Gasteiger charge is 2.04. The van der Waals surface area contributed by atoms with Crippen molar-refractivity contribution in [3.8, 4) is 5.75 Å². The highest BCUT2D eigenvalue weighted by Crippen LogP contribution is 2.20. The normalized spacial score (nSPS) is 10.8. The van der Waals surface area contributed by atoms with E-state index in [4.69, 9.17) is 4.74 Å². The predicted octanol–water partition coefficient (Wildman–Crippen LogP) is 3.65. The molecule has 90 valence electrons. The van der Waals surface area contributed by atoms with Gasteiger partial charge in [-0.25, -0.2) is 0 Å². The van der Waals surface area contributed by atoms with Crippen LogP contribution in [0, 0.1) is 3.57 Å². The maximum absolute atomic E-state index is 5.73. The van der Waals surface area contributed by atoms with Crippen LogP contribution in [-0.2, 0) is 6.61 Å². The summed E-state index contributed by atoms with van der Waals surface area (Å²) < 4.78 is 8.79. The average Bonchev–Trinajstić information content (AvgIpc) is 2.77. The van der Waals surface area contributed by atoms with Gasteiger partial charge < -0.3 is 4.74 Å². The van der Waals surface area contributed by atoms with Gasteiger partial charge in [0.25, 0.3) is 0 Å². The van der Waals surface area contributed by atoms with E-state index < -0.39 is 0 Å². The first kappa shape index (κ1) is 12.4. The molecule has 2 aromatic rings. The van der Waals surface area contributed by atoms with Gasteiger partial charge in [0, 0.05) is 12.2 Å². The van der Waals surface area contributed by atoms with Crippen LogP contribution in [0.15, 0.2) is 36.5 Å². The number of benzene rings is 1. The topological polar surface area (TPSA) is 27.1 Å². The van der Waals surface area contributed by atoms with Crippen molar-refractivity contribution in [1.82, 2.24) is 9.78 Å². The van der Waals surface area contributed by atoms with E-state index in [9.17, 15) is 0 Å². The van der Waals surface area contributed by atoms with E-state index in [0.29, 0.717) is 12.6 Å². The first-order valence-corrected chi connectivity index (χ1v) is 6.66. The number of rotatable bonds is 4. The molecular weight excluding hydrogens is 327 g/mol. The minimum absolute atomic E-state index is 0.389. The van der Waals surface area contributed by atoms with E-state index in [-0.39, 0.29) is 0 Å². The van der Waals surface area contributed by atoms with Crippen LogP contribution in [-0.4, -0.2) is 9.78 Å². The van der Waals surface area contributed by atoms with Crippen LogP contribution in [0.3, 0.4) is 0 Å². The molecule has 0 atom stereocenters. The lowest BCUT2D eigenvalue weighted by Crippen LogP contribution is -2.03. The predicted molar refractivity (Wildman–Crippen MR) is 76.1 cm³/mol. The Morgan fingerprint density at radius 2 is 2.06 bits per heavy atom. The molecule has 17 heavy (non-hydrogen) atoms. The zero-order valence-corrected chi connectivity index (χ0v) is 12.1. The molecular formula is C13H15IN2O. The molecule has 0 N–H and O–H groups in total. The molecule has 0 bridgehead atoms. The third-order valence-corrected chi connectivity index (χ3v) is 3.30. The number of para-hydroxylation sites is 1. The van der Waals surface area contributed by atoms with Crippen LogP contribution in [0.2, 0.25) is 0 Å². The molecule has 0 aliphatic carbocycles. The molecule has 0 saturated carbocycles. The molecule has 0 aliphatic heterocycles. The van der Waals surface area contributed by atoms with Crippen molar-refractivity contribution >= 4 is 22.6 Å². The lowest BCUT2D eigenvalue weighted by molar-refractivity contribution is 0.296. The van der Waals surface area contributed by atoms with Gasteiger partial charge in [-0.3, -0.25) is 4.68 Å². The highest BCUT2D eigenvalue weighted by molar-refractivity contribution is 14.1. The Kier molecular flexibility index (Phi) is 4.04. The molecule has 3 nitrogen and oxygen atoms in total. The molecule has 0 aliphatic rings. The van der Waals surface area contributed by atoms with Crippen molar-refractivity contribution in [3.63, 3.8) is 0 Å². The number of ether oxygens (including phenoxy) is 1. The van der Waals surface area contributed by atoms with Crippen LogP contribution < -0.4 is 4.74 Å². The molecule has 0 spiro atoms.